The summed E-state index contributed by atoms with van der Waals surface area (Å²) in [6.45, 7) is 0.689. The van der Waals surface area contributed by atoms with Crippen molar-refractivity contribution in [2.24, 2.45) is 7.05 Å². The van der Waals surface area contributed by atoms with Crippen molar-refractivity contribution in [3.8, 4) is 5.69 Å². The molecule has 14 heteroatoms. The molecular weight excluding hydrogens is 559 g/mol. The van der Waals surface area contributed by atoms with Crippen molar-refractivity contribution in [3.05, 3.63) is 59.0 Å². The molecule has 4 aromatic rings. The topological polar surface area (TPSA) is 112 Å². The highest BCUT2D eigenvalue weighted by Crippen LogP contribution is 2.31. The van der Waals surface area contributed by atoms with Gasteiger partial charge in [0.25, 0.3) is 0 Å². The van der Waals surface area contributed by atoms with Crippen molar-refractivity contribution < 1.29 is 19.2 Å². The van der Waals surface area contributed by atoms with Crippen LogP contribution < -0.4 is 10.4 Å². The van der Waals surface area contributed by atoms with Gasteiger partial charge < -0.3 is 10.1 Å². The maximum atomic E-state index is 13.6. The first-order chi connectivity index (χ1) is 19.4. The number of hydrogen-bond donors (Lipinski definition) is 1. The summed E-state index contributed by atoms with van der Waals surface area (Å²) >= 11 is 12.3. The van der Waals surface area contributed by atoms with E-state index < -0.39 is 6.04 Å². The van der Waals surface area contributed by atoms with Gasteiger partial charge in [0.15, 0.2) is 18.6 Å². The Kier molecular flexibility index (Phi) is 7.87. The van der Waals surface area contributed by atoms with Gasteiger partial charge in [-0.2, -0.15) is 5.10 Å². The first kappa shape index (κ1) is 26.9. The molecule has 0 radical (unpaired) electrons. The number of benzene rings is 2. The minimum Gasteiger partial charge on any atom is -0.378 e. The Balaban J connectivity index is 1.19. The number of hydrogen-bond acceptors (Lipinski definition) is 9. The van der Waals surface area contributed by atoms with Crippen molar-refractivity contribution in [1.82, 2.24) is 29.8 Å². The molecule has 6 rings (SSSR count). The van der Waals surface area contributed by atoms with E-state index in [0.717, 1.165) is 30.2 Å². The maximum Gasteiger partial charge on any atom is 0.244 e. The van der Waals surface area contributed by atoms with Gasteiger partial charge in [0.1, 0.15) is 6.04 Å². The molecule has 12 nitrogen and oxygen atoms in total. The first-order valence-electron chi connectivity index (χ1n) is 13.0. The van der Waals surface area contributed by atoms with Crippen LogP contribution in [0.1, 0.15) is 25.7 Å². The molecular formula is C26H28Cl2N8O4. The summed E-state index contributed by atoms with van der Waals surface area (Å²) in [5, 5.41) is 20.1. The number of carbonyl (C=O) groups is 1. The molecule has 0 bridgehead atoms. The minimum absolute atomic E-state index is 0.00346. The van der Waals surface area contributed by atoms with E-state index in [9.17, 15) is 4.79 Å². The van der Waals surface area contributed by atoms with Crippen LogP contribution in [0, 0.1) is 0 Å². The minimum atomic E-state index is -0.650. The second-order valence-electron chi connectivity index (χ2n) is 9.74. The lowest BCUT2D eigenvalue weighted by molar-refractivity contribution is -0.282. The number of aryl methyl sites for hydroxylation is 1. The summed E-state index contributed by atoms with van der Waals surface area (Å²) in [6, 6.07) is 10.2. The number of nitrogens with zero attached hydrogens (tertiary/aromatic N) is 7. The molecule has 4 heterocycles. The Hall–Kier alpha value is -3.26. The summed E-state index contributed by atoms with van der Waals surface area (Å²) in [7, 11) is 1.86. The fraction of sp³-hybridized carbons (Fsp3) is 0.385. The molecule has 0 aliphatic carbocycles. The molecule has 2 unspecified atom stereocenters. The number of hydroxylamine groups is 3. The van der Waals surface area contributed by atoms with E-state index in [1.807, 2.05) is 31.4 Å². The number of rotatable bonds is 7. The average molecular weight is 587 g/mol. The number of ether oxygens (including phenoxy) is 1. The molecule has 2 aliphatic rings. The molecule has 40 heavy (non-hydrogen) atoms. The van der Waals surface area contributed by atoms with Gasteiger partial charge in [0.2, 0.25) is 5.91 Å². The molecule has 210 valence electrons. The highest BCUT2D eigenvalue weighted by atomic mass is 35.5. The number of amides is 1. The van der Waals surface area contributed by atoms with Gasteiger partial charge in [-0.3, -0.25) is 19.2 Å². The third kappa shape index (κ3) is 5.92. The summed E-state index contributed by atoms with van der Waals surface area (Å²) < 4.78 is 9.24. The van der Waals surface area contributed by atoms with Crippen LogP contribution in [0.5, 0.6) is 0 Å². The van der Waals surface area contributed by atoms with E-state index in [1.54, 1.807) is 39.2 Å². The lowest BCUT2D eigenvalue weighted by Crippen LogP contribution is -2.53. The van der Waals surface area contributed by atoms with Crippen molar-refractivity contribution >= 4 is 51.4 Å². The fourth-order valence-electron chi connectivity index (χ4n) is 4.95. The smallest absolute Gasteiger partial charge is 0.244 e. The van der Waals surface area contributed by atoms with Crippen LogP contribution in [0.15, 0.2) is 48.8 Å². The second-order valence-corrected chi connectivity index (χ2v) is 10.6. The summed E-state index contributed by atoms with van der Waals surface area (Å²) in [4.78, 5) is 25.8. The number of halogens is 2. The van der Waals surface area contributed by atoms with E-state index in [1.165, 1.54) is 4.68 Å². The third-order valence-corrected chi connectivity index (χ3v) is 7.31. The lowest BCUT2D eigenvalue weighted by atomic mass is 10.0. The molecule has 1 amide bonds. The van der Waals surface area contributed by atoms with Crippen molar-refractivity contribution in [2.75, 3.05) is 30.4 Å². The molecule has 0 saturated carbocycles. The summed E-state index contributed by atoms with van der Waals surface area (Å²) in [5.74, 6) is -0.213. The Morgan fingerprint density at radius 3 is 2.75 bits per heavy atom. The molecule has 2 aromatic carbocycles. The van der Waals surface area contributed by atoms with Crippen LogP contribution in [-0.4, -0.2) is 68.0 Å². The highest BCUT2D eigenvalue weighted by Gasteiger charge is 2.35. The molecule has 0 spiro atoms. The van der Waals surface area contributed by atoms with Crippen LogP contribution in [0.4, 0.5) is 11.4 Å². The van der Waals surface area contributed by atoms with Gasteiger partial charge in [-0.25, -0.2) is 9.75 Å². The SMILES string of the molecule is Cn1cc2cc(NC(=O)C(CC3CCCCO3)N3CON(c4cc(Cl)ccc4-n4cc(Cl)nn4)CO3)ccc2n1. The van der Waals surface area contributed by atoms with Crippen molar-refractivity contribution in [3.63, 3.8) is 0 Å². The van der Waals surface area contributed by atoms with Crippen molar-refractivity contribution in [1.29, 1.82) is 0 Å². The highest BCUT2D eigenvalue weighted by molar-refractivity contribution is 6.31. The molecule has 2 atom stereocenters. The van der Waals surface area contributed by atoms with Gasteiger partial charge in [0, 0.05) is 42.4 Å². The van der Waals surface area contributed by atoms with Gasteiger partial charge >= 0.3 is 0 Å². The number of anilines is 2. The van der Waals surface area contributed by atoms with E-state index in [0.29, 0.717) is 35.1 Å². The molecule has 2 saturated heterocycles. The van der Waals surface area contributed by atoms with E-state index in [2.05, 4.69) is 20.7 Å². The average Bonchev–Trinajstić information content (AvgIpc) is 3.56. The predicted octanol–water partition coefficient (Wildman–Crippen LogP) is 4.33. The molecule has 2 aromatic heterocycles. The standard InChI is InChI=1S/C26H28Cl2N8O4/c1-33-13-17-10-19(6-7-21(17)31-33)29-26(37)24(12-20-4-2-3-9-38-20)36-16-39-35(15-40-36)23-11-18(27)5-8-22(23)34-14-25(28)30-32-34/h5-8,10-11,13-14,20,24H,2-4,9,12,15-16H2,1H3,(H,29,37). The van der Waals surface area contributed by atoms with E-state index in [4.69, 9.17) is 37.6 Å². The summed E-state index contributed by atoms with van der Waals surface area (Å²) in [5.41, 5.74) is 2.79. The first-order valence-corrected chi connectivity index (χ1v) is 13.7. The van der Waals surface area contributed by atoms with E-state index >= 15 is 0 Å². The zero-order valence-electron chi connectivity index (χ0n) is 21.7. The van der Waals surface area contributed by atoms with Crippen LogP contribution in [0.2, 0.25) is 10.2 Å². The van der Waals surface area contributed by atoms with Gasteiger partial charge in [-0.1, -0.05) is 28.4 Å². The van der Waals surface area contributed by atoms with Gasteiger partial charge in [-0.05, 0) is 55.7 Å². The van der Waals surface area contributed by atoms with Crippen LogP contribution in [0.3, 0.4) is 0 Å². The Morgan fingerprint density at radius 1 is 1.10 bits per heavy atom. The maximum absolute atomic E-state index is 13.6. The molecule has 2 aliphatic heterocycles. The van der Waals surface area contributed by atoms with Crippen LogP contribution in [0.25, 0.3) is 16.6 Å². The lowest BCUT2D eigenvalue weighted by Gasteiger charge is -2.39. The molecule has 2 fully saturated rings. The number of fused-ring (bicyclic) bond motifs is 1. The van der Waals surface area contributed by atoms with Crippen molar-refractivity contribution in [2.45, 2.75) is 37.8 Å². The van der Waals surface area contributed by atoms with E-state index in [-0.39, 0.29) is 30.6 Å². The zero-order chi connectivity index (χ0) is 27.6. The van der Waals surface area contributed by atoms with Gasteiger partial charge in [0.05, 0.1) is 29.2 Å². The number of carbonyl (C=O) groups excluding carboxylic acids is 1. The Labute approximate surface area is 240 Å². The third-order valence-electron chi connectivity index (χ3n) is 6.90. The number of aromatic nitrogens is 5. The predicted molar refractivity (Wildman–Crippen MR) is 149 cm³/mol. The fourth-order valence-corrected chi connectivity index (χ4v) is 5.24. The largest absolute Gasteiger partial charge is 0.378 e. The quantitative estimate of drug-likeness (QED) is 0.338. The molecule has 1 N–H and O–H groups in total. The van der Waals surface area contributed by atoms with Crippen LogP contribution in [-0.2, 0) is 26.3 Å². The monoisotopic (exact) mass is 586 g/mol. The Morgan fingerprint density at radius 2 is 2.00 bits per heavy atom. The van der Waals surface area contributed by atoms with Crippen LogP contribution >= 0.6 is 23.2 Å². The summed E-state index contributed by atoms with van der Waals surface area (Å²) in [6.07, 6.45) is 6.87. The normalized spacial score (nSPS) is 19.2. The Bertz CT molecular complexity index is 1500. The number of nitrogens with one attached hydrogen (secondary N) is 1. The van der Waals surface area contributed by atoms with Gasteiger partial charge in [-0.15, -0.1) is 10.2 Å². The zero-order valence-corrected chi connectivity index (χ0v) is 23.3. The second kappa shape index (κ2) is 11.7.